The Kier molecular flexibility index (Phi) is 5.98. The van der Waals surface area contributed by atoms with Gasteiger partial charge in [0.25, 0.3) is 0 Å². The van der Waals surface area contributed by atoms with E-state index in [-0.39, 0.29) is 54.2 Å². The molecule has 1 saturated heterocycles. The number of hydrogen-bond donors (Lipinski definition) is 1. The van der Waals surface area contributed by atoms with Crippen LogP contribution in [0.5, 0.6) is 0 Å². The van der Waals surface area contributed by atoms with Crippen LogP contribution in [0.2, 0.25) is 5.02 Å². The molecule has 0 radical (unpaired) electrons. The van der Waals surface area contributed by atoms with Crippen molar-refractivity contribution in [3.05, 3.63) is 59.4 Å². The number of nitrogens with one attached hydrogen (secondary N) is 1. The van der Waals surface area contributed by atoms with Gasteiger partial charge in [-0.3, -0.25) is 4.79 Å². The first-order chi connectivity index (χ1) is 12.9. The van der Waals surface area contributed by atoms with Gasteiger partial charge in [0, 0.05) is 31.2 Å². The zero-order chi connectivity index (χ0) is 19.4. The van der Waals surface area contributed by atoms with E-state index >= 15 is 0 Å². The van der Waals surface area contributed by atoms with Gasteiger partial charge in [0.15, 0.2) is 0 Å². The van der Waals surface area contributed by atoms with Gasteiger partial charge in [-0.2, -0.15) is 4.31 Å². The fourth-order valence-electron chi connectivity index (χ4n) is 2.83. The zero-order valence-corrected chi connectivity index (χ0v) is 16.0. The summed E-state index contributed by atoms with van der Waals surface area (Å²) >= 11 is 5.70. The summed E-state index contributed by atoms with van der Waals surface area (Å²) in [5.74, 6) is -0.754. The molecule has 0 spiro atoms. The third-order valence-electron chi connectivity index (χ3n) is 4.33. The molecule has 1 N–H and O–H groups in total. The fraction of sp³-hybridized carbons (Fsp3) is 0.278. The Morgan fingerprint density at radius 3 is 2.37 bits per heavy atom. The van der Waals surface area contributed by atoms with Crippen molar-refractivity contribution in [3.63, 3.8) is 0 Å². The van der Waals surface area contributed by atoms with E-state index in [0.29, 0.717) is 0 Å². The molecule has 1 aliphatic heterocycles. The minimum atomic E-state index is -3.56. The summed E-state index contributed by atoms with van der Waals surface area (Å²) in [5.41, 5.74) is 0.193. The number of anilines is 1. The highest BCUT2D eigenvalue weighted by molar-refractivity contribution is 7.89. The van der Waals surface area contributed by atoms with Crippen molar-refractivity contribution in [2.45, 2.75) is 4.90 Å². The maximum atomic E-state index is 13.7. The van der Waals surface area contributed by atoms with E-state index in [9.17, 15) is 17.6 Å². The zero-order valence-electron chi connectivity index (χ0n) is 14.4. The third-order valence-corrected chi connectivity index (χ3v) is 6.48. The van der Waals surface area contributed by atoms with E-state index < -0.39 is 15.8 Å². The van der Waals surface area contributed by atoms with Crippen LogP contribution < -0.4 is 5.32 Å². The first-order valence-electron chi connectivity index (χ1n) is 8.40. The lowest BCUT2D eigenvalue weighted by atomic mass is 10.3. The Hall–Kier alpha value is -2.16. The van der Waals surface area contributed by atoms with Crippen molar-refractivity contribution in [1.82, 2.24) is 9.21 Å². The second-order valence-corrected chi connectivity index (χ2v) is 8.45. The second kappa shape index (κ2) is 8.24. The largest absolute Gasteiger partial charge is 0.374 e. The average Bonchev–Trinajstić information content (AvgIpc) is 2.68. The summed E-state index contributed by atoms with van der Waals surface area (Å²) in [5, 5.41) is 3.03. The van der Waals surface area contributed by atoms with Gasteiger partial charge in [0.05, 0.1) is 17.1 Å². The van der Waals surface area contributed by atoms with E-state index in [2.05, 4.69) is 5.32 Å². The van der Waals surface area contributed by atoms with Crippen LogP contribution in [-0.4, -0.2) is 56.3 Å². The summed E-state index contributed by atoms with van der Waals surface area (Å²) in [6.07, 6.45) is 0. The van der Waals surface area contributed by atoms with Crippen molar-refractivity contribution in [2.24, 2.45) is 0 Å². The molecule has 1 amide bonds. The molecule has 1 heterocycles. The predicted octanol–water partition coefficient (Wildman–Crippen LogP) is 2.42. The number of rotatable bonds is 5. The van der Waals surface area contributed by atoms with Crippen molar-refractivity contribution in [1.29, 1.82) is 0 Å². The smallest absolute Gasteiger partial charge is 0.243 e. The minimum absolute atomic E-state index is 0.0794. The molecule has 0 saturated carbocycles. The van der Waals surface area contributed by atoms with Gasteiger partial charge in [-0.05, 0) is 30.3 Å². The monoisotopic (exact) mass is 411 g/mol. The Labute approximate surface area is 162 Å². The molecular formula is C18H19ClFN3O3S. The Morgan fingerprint density at radius 2 is 1.74 bits per heavy atom. The molecule has 1 fully saturated rings. The van der Waals surface area contributed by atoms with E-state index in [1.807, 2.05) is 0 Å². The number of carbonyl (C=O) groups is 1. The van der Waals surface area contributed by atoms with Crippen molar-refractivity contribution < 1.29 is 17.6 Å². The SMILES string of the molecule is O=C(CNc1ccc(Cl)cc1F)N1CCN(S(=O)(=O)c2ccccc2)CC1. The molecule has 0 aromatic heterocycles. The number of hydrogen-bond acceptors (Lipinski definition) is 4. The quantitative estimate of drug-likeness (QED) is 0.820. The van der Waals surface area contributed by atoms with Crippen LogP contribution in [0.25, 0.3) is 0 Å². The molecule has 9 heteroatoms. The standard InChI is InChI=1S/C18H19ClFN3O3S/c19-14-6-7-17(16(20)12-14)21-13-18(24)22-8-10-23(11-9-22)27(25,26)15-4-2-1-3-5-15/h1-7,12,21H,8-11,13H2. The fourth-order valence-corrected chi connectivity index (χ4v) is 4.44. The molecule has 2 aromatic carbocycles. The number of sulfonamides is 1. The summed E-state index contributed by atoms with van der Waals surface area (Å²) in [4.78, 5) is 14.1. The number of carbonyl (C=O) groups excluding carboxylic acids is 1. The number of benzene rings is 2. The number of piperazine rings is 1. The molecule has 1 aliphatic rings. The van der Waals surface area contributed by atoms with Gasteiger partial charge in [-0.25, -0.2) is 12.8 Å². The van der Waals surface area contributed by atoms with Gasteiger partial charge in [0.2, 0.25) is 15.9 Å². The molecule has 0 unspecified atom stereocenters. The van der Waals surface area contributed by atoms with E-state index in [1.54, 1.807) is 35.2 Å². The van der Waals surface area contributed by atoms with Gasteiger partial charge in [0.1, 0.15) is 5.82 Å². The van der Waals surface area contributed by atoms with Crippen LogP contribution in [0.3, 0.4) is 0 Å². The second-order valence-electron chi connectivity index (χ2n) is 6.08. The summed E-state index contributed by atoms with van der Waals surface area (Å²) in [6, 6.07) is 12.4. The van der Waals surface area contributed by atoms with Crippen LogP contribution in [0, 0.1) is 5.82 Å². The van der Waals surface area contributed by atoms with E-state index in [0.717, 1.165) is 0 Å². The van der Waals surface area contributed by atoms with Crippen LogP contribution in [0.15, 0.2) is 53.4 Å². The Bertz CT molecular complexity index is 917. The molecule has 2 aromatic rings. The number of halogens is 2. The molecular weight excluding hydrogens is 393 g/mol. The first-order valence-corrected chi connectivity index (χ1v) is 10.2. The number of amides is 1. The third kappa shape index (κ3) is 4.58. The van der Waals surface area contributed by atoms with Crippen LogP contribution in [0.1, 0.15) is 0 Å². The molecule has 0 aliphatic carbocycles. The normalized spacial score (nSPS) is 15.6. The maximum absolute atomic E-state index is 13.7. The highest BCUT2D eigenvalue weighted by Gasteiger charge is 2.29. The van der Waals surface area contributed by atoms with Crippen LogP contribution in [-0.2, 0) is 14.8 Å². The summed E-state index contributed by atoms with van der Waals surface area (Å²) in [6.45, 7) is 0.936. The van der Waals surface area contributed by atoms with E-state index in [4.69, 9.17) is 11.6 Å². The minimum Gasteiger partial charge on any atom is -0.374 e. The first kappa shape index (κ1) is 19.6. The van der Waals surface area contributed by atoms with Gasteiger partial charge < -0.3 is 10.2 Å². The highest BCUT2D eigenvalue weighted by atomic mass is 35.5. The molecule has 6 nitrogen and oxygen atoms in total. The summed E-state index contributed by atoms with van der Waals surface area (Å²) in [7, 11) is -3.56. The molecule has 0 bridgehead atoms. The Morgan fingerprint density at radius 1 is 1.07 bits per heavy atom. The molecule has 3 rings (SSSR count). The maximum Gasteiger partial charge on any atom is 0.243 e. The van der Waals surface area contributed by atoms with Gasteiger partial charge >= 0.3 is 0 Å². The van der Waals surface area contributed by atoms with Gasteiger partial charge in [-0.15, -0.1) is 0 Å². The lowest BCUT2D eigenvalue weighted by Crippen LogP contribution is -2.51. The lowest BCUT2D eigenvalue weighted by Gasteiger charge is -2.34. The molecule has 27 heavy (non-hydrogen) atoms. The Balaban J connectivity index is 1.55. The highest BCUT2D eigenvalue weighted by Crippen LogP contribution is 2.19. The number of nitrogens with zero attached hydrogens (tertiary/aromatic N) is 2. The van der Waals surface area contributed by atoms with Crippen LogP contribution in [0.4, 0.5) is 10.1 Å². The van der Waals surface area contributed by atoms with E-state index in [1.165, 1.54) is 22.5 Å². The average molecular weight is 412 g/mol. The van der Waals surface area contributed by atoms with Crippen molar-refractivity contribution >= 4 is 33.2 Å². The molecule has 0 atom stereocenters. The topological polar surface area (TPSA) is 69.7 Å². The molecule has 144 valence electrons. The summed E-state index contributed by atoms with van der Waals surface area (Å²) < 4.78 is 40.3. The van der Waals surface area contributed by atoms with Crippen molar-refractivity contribution in [3.8, 4) is 0 Å². The van der Waals surface area contributed by atoms with Gasteiger partial charge in [-0.1, -0.05) is 29.8 Å². The lowest BCUT2D eigenvalue weighted by molar-refractivity contribution is -0.130. The van der Waals surface area contributed by atoms with Crippen LogP contribution >= 0.6 is 11.6 Å². The predicted molar refractivity (Wildman–Crippen MR) is 102 cm³/mol. The van der Waals surface area contributed by atoms with Crippen molar-refractivity contribution in [2.75, 3.05) is 38.0 Å².